The lowest BCUT2D eigenvalue weighted by Crippen LogP contribution is -2.36. The molecule has 3 aromatic rings. The molecular formula is C32H39N4O+. The standard InChI is InChI=1S/C32H39N4O/c1-34(2)32-13-7-27(8-14-32)25-31(26-33)29-11-9-28(10-12-29)30-15-19-35(20-16-30)17-5-3-4-6-18-36-21-23-37-24-22-36/h7-16,19-20,25H,3-6,17-18,21-24H2,1-2H3/q+1. The normalized spacial score (nSPS) is 14.4. The molecule has 1 saturated heterocycles. The zero-order valence-electron chi connectivity index (χ0n) is 22.3. The first-order valence-electron chi connectivity index (χ1n) is 13.4. The van der Waals surface area contributed by atoms with Crippen molar-refractivity contribution in [1.82, 2.24) is 4.90 Å². The van der Waals surface area contributed by atoms with Crippen molar-refractivity contribution in [3.8, 4) is 17.2 Å². The third kappa shape index (κ3) is 8.01. The summed E-state index contributed by atoms with van der Waals surface area (Å²) < 4.78 is 7.69. The van der Waals surface area contributed by atoms with Crippen molar-refractivity contribution in [2.75, 3.05) is 51.8 Å². The van der Waals surface area contributed by atoms with Gasteiger partial charge in [-0.05, 0) is 59.8 Å². The molecule has 0 atom stereocenters. The number of benzene rings is 2. The van der Waals surface area contributed by atoms with Crippen LogP contribution < -0.4 is 9.47 Å². The van der Waals surface area contributed by atoms with Crippen LogP contribution in [0.25, 0.3) is 22.8 Å². The van der Waals surface area contributed by atoms with Crippen molar-refractivity contribution in [3.05, 3.63) is 84.2 Å². The number of pyridine rings is 1. The number of anilines is 1. The molecule has 1 aliphatic heterocycles. The lowest BCUT2D eigenvalue weighted by atomic mass is 10.00. The molecule has 192 valence electrons. The number of allylic oxidation sites excluding steroid dienone is 1. The Kier molecular flexibility index (Phi) is 9.88. The van der Waals surface area contributed by atoms with Gasteiger partial charge in [-0.3, -0.25) is 4.90 Å². The molecule has 37 heavy (non-hydrogen) atoms. The Morgan fingerprint density at radius 2 is 1.54 bits per heavy atom. The lowest BCUT2D eigenvalue weighted by Gasteiger charge is -2.26. The highest BCUT2D eigenvalue weighted by Gasteiger charge is 2.09. The quantitative estimate of drug-likeness (QED) is 0.149. The molecule has 0 aliphatic carbocycles. The molecule has 5 heteroatoms. The number of rotatable bonds is 11. The van der Waals surface area contributed by atoms with Crippen LogP contribution in [0, 0.1) is 11.3 Å². The van der Waals surface area contributed by atoms with Crippen LogP contribution in [0.4, 0.5) is 5.69 Å². The Morgan fingerprint density at radius 1 is 0.892 bits per heavy atom. The summed E-state index contributed by atoms with van der Waals surface area (Å²) in [5.74, 6) is 0. The molecule has 5 nitrogen and oxygen atoms in total. The molecule has 0 bridgehead atoms. The number of hydrogen-bond donors (Lipinski definition) is 0. The topological polar surface area (TPSA) is 43.4 Å². The molecule has 0 unspecified atom stereocenters. The molecule has 0 saturated carbocycles. The number of hydrogen-bond acceptors (Lipinski definition) is 4. The molecule has 1 aromatic heterocycles. The molecule has 0 N–H and O–H groups in total. The van der Waals surface area contributed by atoms with E-state index in [4.69, 9.17) is 4.74 Å². The Hall–Kier alpha value is -3.46. The SMILES string of the molecule is CN(C)c1ccc(/C=C(\C#N)c2ccc(-c3cc[n+](CCCCCCN4CCOCC4)cc3)cc2)cc1. The third-order valence-electron chi connectivity index (χ3n) is 7.01. The molecule has 1 aliphatic rings. The Morgan fingerprint density at radius 3 is 2.19 bits per heavy atom. The zero-order valence-corrected chi connectivity index (χ0v) is 22.3. The van der Waals surface area contributed by atoms with Gasteiger partial charge in [-0.2, -0.15) is 5.26 Å². The van der Waals surface area contributed by atoms with Gasteiger partial charge in [-0.1, -0.05) is 42.8 Å². The maximum Gasteiger partial charge on any atom is 0.169 e. The van der Waals surface area contributed by atoms with Crippen molar-refractivity contribution >= 4 is 17.3 Å². The van der Waals surface area contributed by atoms with E-state index in [0.29, 0.717) is 5.57 Å². The first kappa shape index (κ1) is 26.6. The molecule has 0 spiro atoms. The van der Waals surface area contributed by atoms with Crippen molar-refractivity contribution in [2.24, 2.45) is 0 Å². The zero-order chi connectivity index (χ0) is 25.9. The number of aromatic nitrogens is 1. The van der Waals surface area contributed by atoms with E-state index in [1.807, 2.05) is 44.4 Å². The van der Waals surface area contributed by atoms with E-state index >= 15 is 0 Å². The lowest BCUT2D eigenvalue weighted by molar-refractivity contribution is -0.697. The van der Waals surface area contributed by atoms with Gasteiger partial charge in [0.15, 0.2) is 12.4 Å². The minimum Gasteiger partial charge on any atom is -0.379 e. The number of nitrogens with zero attached hydrogens (tertiary/aromatic N) is 4. The summed E-state index contributed by atoms with van der Waals surface area (Å²) >= 11 is 0. The van der Waals surface area contributed by atoms with Crippen LogP contribution in [0.1, 0.15) is 36.8 Å². The second kappa shape index (κ2) is 13.7. The Bertz CT molecular complexity index is 1170. The molecule has 0 radical (unpaired) electrons. The minimum absolute atomic E-state index is 0.667. The summed E-state index contributed by atoms with van der Waals surface area (Å²) in [7, 11) is 4.05. The fraction of sp³-hybridized carbons (Fsp3) is 0.375. The van der Waals surface area contributed by atoms with Gasteiger partial charge in [0.25, 0.3) is 0 Å². The second-order valence-corrected chi connectivity index (χ2v) is 9.93. The maximum atomic E-state index is 9.74. The predicted octanol–water partition coefficient (Wildman–Crippen LogP) is 5.66. The number of unbranched alkanes of at least 4 members (excludes halogenated alkanes) is 3. The monoisotopic (exact) mass is 495 g/mol. The smallest absolute Gasteiger partial charge is 0.169 e. The molecule has 2 aromatic carbocycles. The number of ether oxygens (including phenoxy) is 1. The minimum atomic E-state index is 0.667. The van der Waals surface area contributed by atoms with E-state index in [9.17, 15) is 5.26 Å². The molecule has 0 amide bonds. The van der Waals surface area contributed by atoms with E-state index in [-0.39, 0.29) is 0 Å². The summed E-state index contributed by atoms with van der Waals surface area (Å²) in [6, 6.07) is 23.2. The predicted molar refractivity (Wildman–Crippen MR) is 152 cm³/mol. The second-order valence-electron chi connectivity index (χ2n) is 9.93. The van der Waals surface area contributed by atoms with Gasteiger partial charge >= 0.3 is 0 Å². The number of nitriles is 1. The van der Waals surface area contributed by atoms with Crippen molar-refractivity contribution in [3.63, 3.8) is 0 Å². The van der Waals surface area contributed by atoms with Gasteiger partial charge in [0, 0.05) is 51.4 Å². The van der Waals surface area contributed by atoms with E-state index in [1.165, 1.54) is 37.8 Å². The summed E-state index contributed by atoms with van der Waals surface area (Å²) in [6.07, 6.45) is 11.4. The van der Waals surface area contributed by atoms with Crippen LogP contribution in [-0.4, -0.2) is 51.8 Å². The Balaban J connectivity index is 1.26. The average molecular weight is 496 g/mol. The van der Waals surface area contributed by atoms with Gasteiger partial charge in [-0.15, -0.1) is 0 Å². The van der Waals surface area contributed by atoms with Crippen LogP contribution in [0.5, 0.6) is 0 Å². The van der Waals surface area contributed by atoms with Crippen LogP contribution in [0.2, 0.25) is 0 Å². The summed E-state index contributed by atoms with van der Waals surface area (Å²) in [5.41, 5.74) is 6.11. The summed E-state index contributed by atoms with van der Waals surface area (Å²) in [5, 5.41) is 9.74. The van der Waals surface area contributed by atoms with Crippen LogP contribution in [-0.2, 0) is 11.3 Å². The first-order valence-corrected chi connectivity index (χ1v) is 13.4. The van der Waals surface area contributed by atoms with Crippen LogP contribution in [0.3, 0.4) is 0 Å². The summed E-state index contributed by atoms with van der Waals surface area (Å²) in [6.45, 7) is 6.23. The number of aryl methyl sites for hydroxylation is 1. The highest BCUT2D eigenvalue weighted by Crippen LogP contribution is 2.24. The fourth-order valence-electron chi connectivity index (χ4n) is 4.66. The van der Waals surface area contributed by atoms with Gasteiger partial charge in [0.2, 0.25) is 0 Å². The van der Waals surface area contributed by atoms with Crippen molar-refractivity contribution < 1.29 is 9.30 Å². The Labute approximate surface area is 222 Å². The largest absolute Gasteiger partial charge is 0.379 e. The number of morpholine rings is 1. The highest BCUT2D eigenvalue weighted by molar-refractivity contribution is 5.90. The van der Waals surface area contributed by atoms with Crippen molar-refractivity contribution in [2.45, 2.75) is 32.2 Å². The molecule has 2 heterocycles. The average Bonchev–Trinajstić information content (AvgIpc) is 2.95. The fourth-order valence-corrected chi connectivity index (χ4v) is 4.66. The van der Waals surface area contributed by atoms with Gasteiger partial charge in [0.05, 0.1) is 24.9 Å². The first-order chi connectivity index (χ1) is 18.1. The van der Waals surface area contributed by atoms with E-state index in [2.05, 4.69) is 69.2 Å². The van der Waals surface area contributed by atoms with Crippen LogP contribution in [0.15, 0.2) is 73.1 Å². The van der Waals surface area contributed by atoms with Gasteiger partial charge in [-0.25, -0.2) is 4.57 Å². The van der Waals surface area contributed by atoms with E-state index in [0.717, 1.165) is 55.2 Å². The molecular weight excluding hydrogens is 456 g/mol. The van der Waals surface area contributed by atoms with E-state index in [1.54, 1.807) is 0 Å². The highest BCUT2D eigenvalue weighted by atomic mass is 16.5. The molecule has 1 fully saturated rings. The van der Waals surface area contributed by atoms with Gasteiger partial charge in [0.1, 0.15) is 6.54 Å². The van der Waals surface area contributed by atoms with Gasteiger partial charge < -0.3 is 9.64 Å². The van der Waals surface area contributed by atoms with E-state index < -0.39 is 0 Å². The van der Waals surface area contributed by atoms with Crippen LogP contribution >= 0.6 is 0 Å². The van der Waals surface area contributed by atoms with Crippen molar-refractivity contribution in [1.29, 1.82) is 5.26 Å². The third-order valence-corrected chi connectivity index (χ3v) is 7.01. The molecule has 4 rings (SSSR count). The maximum absolute atomic E-state index is 9.74. The summed E-state index contributed by atoms with van der Waals surface area (Å²) in [4.78, 5) is 4.59.